The standard InChI is InChI=1S/C18H13N5O/c24-18(23-17-15-16(20-10-19-15)21-11-22-17)14-8-6-13(7-9-14)12-4-2-1-3-5-12/h1-11H,(H2,19,20,21,22,23,24). The normalized spacial score (nSPS) is 10.7. The molecule has 0 unspecified atom stereocenters. The van der Waals surface area contributed by atoms with Crippen molar-refractivity contribution in [3.63, 3.8) is 0 Å². The number of rotatable bonds is 3. The van der Waals surface area contributed by atoms with E-state index in [-0.39, 0.29) is 5.91 Å². The highest BCUT2D eigenvalue weighted by molar-refractivity contribution is 6.06. The van der Waals surface area contributed by atoms with Gasteiger partial charge in [0.25, 0.3) is 5.91 Å². The molecule has 0 atom stereocenters. The largest absolute Gasteiger partial charge is 0.329 e. The summed E-state index contributed by atoms with van der Waals surface area (Å²) in [4.78, 5) is 27.6. The lowest BCUT2D eigenvalue weighted by Gasteiger charge is -2.06. The van der Waals surface area contributed by atoms with Crippen LogP contribution in [0.4, 0.5) is 5.82 Å². The SMILES string of the molecule is O=C(Nc1ncnc2[nH]cnc12)c1ccc(-c2ccccc2)cc1. The summed E-state index contributed by atoms with van der Waals surface area (Å²) in [6.07, 6.45) is 2.90. The summed E-state index contributed by atoms with van der Waals surface area (Å²) in [5.74, 6) is 0.149. The molecule has 4 aromatic rings. The average Bonchev–Trinajstić information content (AvgIpc) is 3.12. The molecule has 0 aliphatic heterocycles. The third-order valence-corrected chi connectivity index (χ3v) is 3.70. The van der Waals surface area contributed by atoms with Gasteiger partial charge >= 0.3 is 0 Å². The molecule has 116 valence electrons. The van der Waals surface area contributed by atoms with Crippen molar-refractivity contribution in [2.75, 3.05) is 5.32 Å². The van der Waals surface area contributed by atoms with Crippen LogP contribution in [0.15, 0.2) is 67.3 Å². The van der Waals surface area contributed by atoms with Gasteiger partial charge in [-0.25, -0.2) is 15.0 Å². The van der Waals surface area contributed by atoms with Crippen molar-refractivity contribution >= 4 is 22.9 Å². The number of aromatic amines is 1. The number of benzene rings is 2. The van der Waals surface area contributed by atoms with Crippen molar-refractivity contribution in [3.05, 3.63) is 72.8 Å². The molecule has 6 nitrogen and oxygen atoms in total. The Bertz CT molecular complexity index is 993. The van der Waals surface area contributed by atoms with Crippen LogP contribution in [0.1, 0.15) is 10.4 Å². The van der Waals surface area contributed by atoms with Gasteiger partial charge in [-0.2, -0.15) is 0 Å². The Morgan fingerprint density at radius 1 is 0.875 bits per heavy atom. The molecular formula is C18H13N5O. The Balaban J connectivity index is 1.58. The molecule has 0 radical (unpaired) electrons. The van der Waals surface area contributed by atoms with Crippen LogP contribution in [0.5, 0.6) is 0 Å². The summed E-state index contributed by atoms with van der Waals surface area (Å²) < 4.78 is 0. The number of nitrogens with one attached hydrogen (secondary N) is 2. The van der Waals surface area contributed by atoms with E-state index in [4.69, 9.17) is 0 Å². The van der Waals surface area contributed by atoms with Crippen molar-refractivity contribution in [2.24, 2.45) is 0 Å². The molecular weight excluding hydrogens is 302 g/mol. The van der Waals surface area contributed by atoms with Gasteiger partial charge in [0.15, 0.2) is 17.0 Å². The lowest BCUT2D eigenvalue weighted by atomic mass is 10.0. The maximum atomic E-state index is 12.4. The van der Waals surface area contributed by atoms with E-state index in [0.29, 0.717) is 22.5 Å². The van der Waals surface area contributed by atoms with E-state index in [1.54, 1.807) is 12.1 Å². The molecule has 0 saturated carbocycles. The van der Waals surface area contributed by atoms with Crippen molar-refractivity contribution in [2.45, 2.75) is 0 Å². The molecule has 1 amide bonds. The summed E-state index contributed by atoms with van der Waals surface area (Å²) in [6.45, 7) is 0. The molecule has 0 fully saturated rings. The first-order chi connectivity index (χ1) is 11.8. The van der Waals surface area contributed by atoms with Crippen molar-refractivity contribution < 1.29 is 4.79 Å². The van der Waals surface area contributed by atoms with Crippen LogP contribution >= 0.6 is 0 Å². The van der Waals surface area contributed by atoms with Crippen molar-refractivity contribution in [3.8, 4) is 11.1 Å². The molecule has 0 aliphatic carbocycles. The first-order valence-electron chi connectivity index (χ1n) is 7.42. The summed E-state index contributed by atoms with van der Waals surface area (Å²) in [6, 6.07) is 17.4. The quantitative estimate of drug-likeness (QED) is 0.608. The number of hydrogen-bond donors (Lipinski definition) is 2. The second-order valence-corrected chi connectivity index (χ2v) is 5.22. The molecule has 2 N–H and O–H groups in total. The van der Waals surface area contributed by atoms with Gasteiger partial charge in [-0.3, -0.25) is 4.79 Å². The van der Waals surface area contributed by atoms with E-state index in [0.717, 1.165) is 11.1 Å². The van der Waals surface area contributed by atoms with Crippen LogP contribution in [0, 0.1) is 0 Å². The van der Waals surface area contributed by atoms with Gasteiger partial charge in [0.1, 0.15) is 6.33 Å². The third-order valence-electron chi connectivity index (χ3n) is 3.70. The van der Waals surface area contributed by atoms with Crippen LogP contribution in [-0.4, -0.2) is 25.8 Å². The zero-order valence-corrected chi connectivity index (χ0v) is 12.6. The Kier molecular flexibility index (Phi) is 3.47. The summed E-state index contributed by atoms with van der Waals surface area (Å²) in [7, 11) is 0. The fourth-order valence-corrected chi connectivity index (χ4v) is 2.48. The molecule has 4 rings (SSSR count). The second kappa shape index (κ2) is 5.92. The monoisotopic (exact) mass is 315 g/mol. The van der Waals surface area contributed by atoms with E-state index in [1.165, 1.54) is 12.7 Å². The Hall–Kier alpha value is -3.54. The fraction of sp³-hybridized carbons (Fsp3) is 0. The maximum Gasteiger partial charge on any atom is 0.256 e. The van der Waals surface area contributed by atoms with Crippen LogP contribution in [0.3, 0.4) is 0 Å². The second-order valence-electron chi connectivity index (χ2n) is 5.22. The van der Waals surface area contributed by atoms with E-state index in [2.05, 4.69) is 25.3 Å². The molecule has 0 bridgehead atoms. The molecule has 0 saturated heterocycles. The number of nitrogens with zero attached hydrogens (tertiary/aromatic N) is 3. The van der Waals surface area contributed by atoms with Gasteiger partial charge in [0.2, 0.25) is 0 Å². The molecule has 0 spiro atoms. The lowest BCUT2D eigenvalue weighted by molar-refractivity contribution is 0.102. The molecule has 2 aromatic heterocycles. The number of carbonyl (C=O) groups excluding carboxylic acids is 1. The number of hydrogen-bond acceptors (Lipinski definition) is 4. The minimum atomic E-state index is -0.238. The topological polar surface area (TPSA) is 83.6 Å². The zero-order valence-electron chi connectivity index (χ0n) is 12.6. The van der Waals surface area contributed by atoms with Gasteiger partial charge in [-0.15, -0.1) is 0 Å². The molecule has 6 heteroatoms. The first-order valence-corrected chi connectivity index (χ1v) is 7.42. The van der Waals surface area contributed by atoms with E-state index < -0.39 is 0 Å². The molecule has 2 heterocycles. The van der Waals surface area contributed by atoms with E-state index in [9.17, 15) is 4.79 Å². The number of fused-ring (bicyclic) bond motifs is 1. The number of H-pyrrole nitrogens is 1. The maximum absolute atomic E-state index is 12.4. The molecule has 0 aliphatic rings. The Morgan fingerprint density at radius 2 is 1.62 bits per heavy atom. The van der Waals surface area contributed by atoms with Crippen LogP contribution in [-0.2, 0) is 0 Å². The minimum Gasteiger partial charge on any atom is -0.329 e. The number of carbonyl (C=O) groups is 1. The van der Waals surface area contributed by atoms with Crippen molar-refractivity contribution in [1.82, 2.24) is 19.9 Å². The fourth-order valence-electron chi connectivity index (χ4n) is 2.48. The summed E-state index contributed by atoms with van der Waals surface area (Å²) >= 11 is 0. The lowest BCUT2D eigenvalue weighted by Crippen LogP contribution is -2.13. The van der Waals surface area contributed by atoms with Crippen LogP contribution in [0.25, 0.3) is 22.3 Å². The smallest absolute Gasteiger partial charge is 0.256 e. The highest BCUT2D eigenvalue weighted by atomic mass is 16.1. The third kappa shape index (κ3) is 2.61. The van der Waals surface area contributed by atoms with E-state index in [1.807, 2.05) is 42.5 Å². The number of amides is 1. The predicted molar refractivity (Wildman–Crippen MR) is 91.5 cm³/mol. The minimum absolute atomic E-state index is 0.238. The van der Waals surface area contributed by atoms with Gasteiger partial charge in [-0.05, 0) is 23.3 Å². The van der Waals surface area contributed by atoms with Gasteiger partial charge in [-0.1, -0.05) is 42.5 Å². The number of aromatic nitrogens is 4. The Morgan fingerprint density at radius 3 is 2.42 bits per heavy atom. The van der Waals surface area contributed by atoms with Crippen LogP contribution < -0.4 is 5.32 Å². The van der Waals surface area contributed by atoms with E-state index >= 15 is 0 Å². The van der Waals surface area contributed by atoms with Gasteiger partial charge in [0, 0.05) is 5.56 Å². The van der Waals surface area contributed by atoms with Crippen molar-refractivity contribution in [1.29, 1.82) is 0 Å². The summed E-state index contributed by atoms with van der Waals surface area (Å²) in [5, 5.41) is 2.77. The average molecular weight is 315 g/mol. The first kappa shape index (κ1) is 14.1. The number of anilines is 1. The Labute approximate surface area is 137 Å². The predicted octanol–water partition coefficient (Wildman–Crippen LogP) is 3.27. The van der Waals surface area contributed by atoms with Gasteiger partial charge in [0.05, 0.1) is 6.33 Å². The van der Waals surface area contributed by atoms with Crippen LogP contribution in [0.2, 0.25) is 0 Å². The zero-order chi connectivity index (χ0) is 16.4. The highest BCUT2D eigenvalue weighted by Crippen LogP contribution is 2.20. The van der Waals surface area contributed by atoms with Gasteiger partial charge < -0.3 is 10.3 Å². The highest BCUT2D eigenvalue weighted by Gasteiger charge is 2.11. The molecule has 2 aromatic carbocycles. The summed E-state index contributed by atoms with van der Waals surface area (Å²) in [5.41, 5.74) is 3.84. The number of imidazole rings is 1. The molecule has 24 heavy (non-hydrogen) atoms.